The summed E-state index contributed by atoms with van der Waals surface area (Å²) in [4.78, 5) is 0. The van der Waals surface area contributed by atoms with Gasteiger partial charge >= 0.3 is 0 Å². The molecule has 0 aliphatic heterocycles. The Balaban J connectivity index is 2.22. The number of halogens is 1. The van der Waals surface area contributed by atoms with E-state index in [1.165, 1.54) is 11.3 Å². The molecule has 2 aromatic rings. The number of aromatic nitrogens is 3. The number of hydrogen-bond acceptors (Lipinski definition) is 2. The van der Waals surface area contributed by atoms with Crippen molar-refractivity contribution in [1.82, 2.24) is 14.3 Å². The van der Waals surface area contributed by atoms with Gasteiger partial charge in [-0.25, -0.2) is 0 Å². The minimum absolute atomic E-state index is 0.127. The Hall–Kier alpha value is -1.07. The Morgan fingerprint density at radius 1 is 1.42 bits per heavy atom. The van der Waals surface area contributed by atoms with Crippen molar-refractivity contribution in [3.8, 4) is 0 Å². The standard InChI is InChI=1S/C14H21BrN4/c1-4-11(16)10-6-7-19(8-10)9-13-14(15)12(5-2)17-18(13)3/h6-8,11H,4-5,9,16H2,1-3H3. The molecule has 0 aliphatic rings. The molecule has 1 atom stereocenters. The van der Waals surface area contributed by atoms with Gasteiger partial charge in [-0.2, -0.15) is 5.10 Å². The zero-order chi connectivity index (χ0) is 14.0. The van der Waals surface area contributed by atoms with Crippen molar-refractivity contribution in [2.24, 2.45) is 12.8 Å². The summed E-state index contributed by atoms with van der Waals surface area (Å²) < 4.78 is 5.22. The van der Waals surface area contributed by atoms with Gasteiger partial charge in [0.05, 0.1) is 22.4 Å². The minimum Gasteiger partial charge on any atom is -0.348 e. The van der Waals surface area contributed by atoms with Gasteiger partial charge < -0.3 is 10.3 Å². The van der Waals surface area contributed by atoms with Crippen LogP contribution in [-0.2, 0) is 20.0 Å². The van der Waals surface area contributed by atoms with Crippen molar-refractivity contribution < 1.29 is 0 Å². The van der Waals surface area contributed by atoms with Crippen molar-refractivity contribution in [1.29, 1.82) is 0 Å². The second-order valence-electron chi connectivity index (χ2n) is 4.82. The predicted octanol–water partition coefficient (Wildman–Crippen LogP) is 3.00. The molecule has 19 heavy (non-hydrogen) atoms. The van der Waals surface area contributed by atoms with E-state index in [-0.39, 0.29) is 6.04 Å². The lowest BCUT2D eigenvalue weighted by molar-refractivity contribution is 0.655. The normalized spacial score (nSPS) is 12.9. The van der Waals surface area contributed by atoms with E-state index in [9.17, 15) is 0 Å². The highest BCUT2D eigenvalue weighted by Gasteiger charge is 2.13. The summed E-state index contributed by atoms with van der Waals surface area (Å²) >= 11 is 3.65. The van der Waals surface area contributed by atoms with Gasteiger partial charge in [0.2, 0.25) is 0 Å². The van der Waals surface area contributed by atoms with Crippen molar-refractivity contribution in [2.75, 3.05) is 0 Å². The van der Waals surface area contributed by atoms with E-state index in [0.717, 1.165) is 29.6 Å². The van der Waals surface area contributed by atoms with Crippen LogP contribution in [0.3, 0.4) is 0 Å². The molecule has 2 heterocycles. The number of hydrogen-bond donors (Lipinski definition) is 1. The van der Waals surface area contributed by atoms with Gasteiger partial charge in [0, 0.05) is 25.5 Å². The lowest BCUT2D eigenvalue weighted by Gasteiger charge is -2.07. The molecule has 0 radical (unpaired) electrons. The van der Waals surface area contributed by atoms with Crippen LogP contribution in [0.4, 0.5) is 0 Å². The molecule has 0 saturated heterocycles. The molecule has 5 heteroatoms. The summed E-state index contributed by atoms with van der Waals surface area (Å²) in [5.41, 5.74) is 9.53. The van der Waals surface area contributed by atoms with Crippen LogP contribution in [0.5, 0.6) is 0 Å². The summed E-state index contributed by atoms with van der Waals surface area (Å²) in [6, 6.07) is 2.22. The van der Waals surface area contributed by atoms with Gasteiger partial charge in [-0.15, -0.1) is 0 Å². The average Bonchev–Trinajstić information content (AvgIpc) is 2.98. The first-order chi connectivity index (χ1) is 9.06. The first-order valence-electron chi connectivity index (χ1n) is 6.68. The fraction of sp³-hybridized carbons (Fsp3) is 0.500. The highest BCUT2D eigenvalue weighted by molar-refractivity contribution is 9.10. The molecular formula is C14H21BrN4. The van der Waals surface area contributed by atoms with Crippen LogP contribution in [0, 0.1) is 0 Å². The molecule has 0 fully saturated rings. The van der Waals surface area contributed by atoms with E-state index in [0.29, 0.717) is 0 Å². The summed E-state index contributed by atoms with van der Waals surface area (Å²) in [5, 5.41) is 4.51. The van der Waals surface area contributed by atoms with E-state index in [1.54, 1.807) is 0 Å². The van der Waals surface area contributed by atoms with Crippen LogP contribution in [0.2, 0.25) is 0 Å². The third kappa shape index (κ3) is 2.92. The topological polar surface area (TPSA) is 48.8 Å². The smallest absolute Gasteiger partial charge is 0.0767 e. The largest absolute Gasteiger partial charge is 0.348 e. The van der Waals surface area contributed by atoms with Crippen LogP contribution >= 0.6 is 15.9 Å². The van der Waals surface area contributed by atoms with E-state index in [1.807, 2.05) is 11.7 Å². The molecular weight excluding hydrogens is 304 g/mol. The van der Waals surface area contributed by atoms with Crippen molar-refractivity contribution >= 4 is 15.9 Å². The van der Waals surface area contributed by atoms with Gasteiger partial charge in [-0.1, -0.05) is 13.8 Å². The maximum atomic E-state index is 6.05. The molecule has 2 aromatic heterocycles. The summed E-state index contributed by atoms with van der Waals surface area (Å²) in [6.45, 7) is 5.03. The van der Waals surface area contributed by atoms with Crippen LogP contribution < -0.4 is 5.73 Å². The van der Waals surface area contributed by atoms with E-state index >= 15 is 0 Å². The van der Waals surface area contributed by atoms with Crippen LogP contribution in [-0.4, -0.2) is 14.3 Å². The van der Waals surface area contributed by atoms with E-state index < -0.39 is 0 Å². The molecule has 0 aliphatic carbocycles. The first-order valence-corrected chi connectivity index (χ1v) is 7.47. The summed E-state index contributed by atoms with van der Waals surface area (Å²) in [5.74, 6) is 0. The monoisotopic (exact) mass is 324 g/mol. The lowest BCUT2D eigenvalue weighted by atomic mass is 10.1. The molecule has 2 N–H and O–H groups in total. The first kappa shape index (κ1) is 14.3. The van der Waals surface area contributed by atoms with Crippen LogP contribution in [0.15, 0.2) is 22.9 Å². The third-order valence-electron chi connectivity index (χ3n) is 3.48. The number of nitrogens with two attached hydrogens (primary N) is 1. The molecule has 0 aromatic carbocycles. The highest BCUT2D eigenvalue weighted by atomic mass is 79.9. The Bertz CT molecular complexity index is 556. The fourth-order valence-electron chi connectivity index (χ4n) is 2.18. The van der Waals surface area contributed by atoms with Crippen molar-refractivity contribution in [3.05, 3.63) is 39.9 Å². The molecule has 0 spiro atoms. The third-order valence-corrected chi connectivity index (χ3v) is 4.39. The Morgan fingerprint density at radius 2 is 2.16 bits per heavy atom. The van der Waals surface area contributed by atoms with Gasteiger partial charge in [0.25, 0.3) is 0 Å². The van der Waals surface area contributed by atoms with Crippen LogP contribution in [0.1, 0.15) is 43.3 Å². The zero-order valence-corrected chi connectivity index (χ0v) is 13.3. The Morgan fingerprint density at radius 3 is 2.74 bits per heavy atom. The average molecular weight is 325 g/mol. The van der Waals surface area contributed by atoms with Gasteiger partial charge in [-0.3, -0.25) is 4.68 Å². The number of nitrogens with zero attached hydrogens (tertiary/aromatic N) is 3. The van der Waals surface area contributed by atoms with E-state index in [2.05, 4.69) is 57.9 Å². The highest BCUT2D eigenvalue weighted by Crippen LogP contribution is 2.23. The Kier molecular flexibility index (Phi) is 4.47. The van der Waals surface area contributed by atoms with Gasteiger partial charge in [0.15, 0.2) is 0 Å². The number of rotatable bonds is 5. The molecule has 0 bridgehead atoms. The quantitative estimate of drug-likeness (QED) is 0.919. The zero-order valence-electron chi connectivity index (χ0n) is 11.7. The maximum Gasteiger partial charge on any atom is 0.0767 e. The fourth-order valence-corrected chi connectivity index (χ4v) is 2.92. The second-order valence-corrected chi connectivity index (χ2v) is 5.61. The molecule has 4 nitrogen and oxygen atoms in total. The molecule has 104 valence electrons. The SMILES string of the molecule is CCc1nn(C)c(Cn2ccc(C(N)CC)c2)c1Br. The predicted molar refractivity (Wildman–Crippen MR) is 81.0 cm³/mol. The molecule has 1 unspecified atom stereocenters. The summed E-state index contributed by atoms with van der Waals surface area (Å²) in [6.07, 6.45) is 6.10. The number of aryl methyl sites for hydroxylation is 2. The lowest BCUT2D eigenvalue weighted by Crippen LogP contribution is -2.08. The maximum absolute atomic E-state index is 6.05. The molecule has 0 amide bonds. The van der Waals surface area contributed by atoms with Crippen molar-refractivity contribution in [2.45, 2.75) is 39.3 Å². The Labute approximate surface area is 122 Å². The van der Waals surface area contributed by atoms with Gasteiger partial charge in [0.1, 0.15) is 0 Å². The molecule has 2 rings (SSSR count). The summed E-state index contributed by atoms with van der Waals surface area (Å²) in [7, 11) is 1.99. The second kappa shape index (κ2) is 5.92. The van der Waals surface area contributed by atoms with E-state index in [4.69, 9.17) is 5.73 Å². The van der Waals surface area contributed by atoms with Gasteiger partial charge in [-0.05, 0) is 40.4 Å². The molecule has 0 saturated carbocycles. The minimum atomic E-state index is 0.127. The van der Waals surface area contributed by atoms with Crippen molar-refractivity contribution in [3.63, 3.8) is 0 Å². The van der Waals surface area contributed by atoms with Crippen LogP contribution in [0.25, 0.3) is 0 Å².